The van der Waals surface area contributed by atoms with Crippen LogP contribution in [0.5, 0.6) is 0 Å². The summed E-state index contributed by atoms with van der Waals surface area (Å²) in [6, 6.07) is 3.76. The first-order chi connectivity index (χ1) is 7.13. The van der Waals surface area contributed by atoms with Crippen molar-refractivity contribution in [1.29, 1.82) is 10.5 Å². The minimum Gasteiger partial charge on any atom is -0.326 e. The van der Waals surface area contributed by atoms with Crippen LogP contribution in [0.3, 0.4) is 0 Å². The van der Waals surface area contributed by atoms with E-state index in [2.05, 4.69) is 6.58 Å². The van der Waals surface area contributed by atoms with Crippen LogP contribution in [-0.4, -0.2) is 4.90 Å². The molecule has 3 nitrogen and oxygen atoms in total. The summed E-state index contributed by atoms with van der Waals surface area (Å²) >= 11 is 0. The van der Waals surface area contributed by atoms with Gasteiger partial charge >= 0.3 is 0 Å². The van der Waals surface area contributed by atoms with Crippen molar-refractivity contribution < 1.29 is 0 Å². The number of hydrogen-bond donors (Lipinski definition) is 0. The summed E-state index contributed by atoms with van der Waals surface area (Å²) in [5, 5.41) is 17.5. The third kappa shape index (κ3) is 1.98. The molecule has 0 bridgehead atoms. The highest BCUT2D eigenvalue weighted by Crippen LogP contribution is 2.24. The number of allylic oxidation sites excluding steroid dienone is 6. The molecule has 0 radical (unpaired) electrons. The average Bonchev–Trinajstić information content (AvgIpc) is 2.19. The van der Waals surface area contributed by atoms with E-state index in [1.807, 2.05) is 30.9 Å². The Labute approximate surface area is 89.5 Å². The highest BCUT2D eigenvalue weighted by atomic mass is 15.1. The molecular formula is C12H11N3. The van der Waals surface area contributed by atoms with Crippen molar-refractivity contribution in [2.75, 3.05) is 0 Å². The summed E-state index contributed by atoms with van der Waals surface area (Å²) in [4.78, 5) is 1.90. The number of hydrogen-bond acceptors (Lipinski definition) is 3. The molecule has 0 aliphatic carbocycles. The van der Waals surface area contributed by atoms with Gasteiger partial charge in [0.2, 0.25) is 0 Å². The van der Waals surface area contributed by atoms with E-state index in [0.29, 0.717) is 5.57 Å². The highest BCUT2D eigenvalue weighted by molar-refractivity contribution is 5.53. The molecule has 74 valence electrons. The Morgan fingerprint density at radius 3 is 2.07 bits per heavy atom. The smallest absolute Gasteiger partial charge is 0.137 e. The lowest BCUT2D eigenvalue weighted by Crippen LogP contribution is -2.15. The van der Waals surface area contributed by atoms with Gasteiger partial charge in [0.05, 0.1) is 0 Å². The van der Waals surface area contributed by atoms with Crippen LogP contribution in [0.2, 0.25) is 0 Å². The molecule has 0 N–H and O–H groups in total. The average molecular weight is 197 g/mol. The summed E-state index contributed by atoms with van der Waals surface area (Å²) in [5.74, 6) is 0. The van der Waals surface area contributed by atoms with E-state index in [-0.39, 0.29) is 5.57 Å². The third-order valence-corrected chi connectivity index (χ3v) is 2.18. The molecule has 0 saturated heterocycles. The second-order valence-corrected chi connectivity index (χ2v) is 3.18. The van der Waals surface area contributed by atoms with Gasteiger partial charge in [0.15, 0.2) is 0 Å². The molecule has 15 heavy (non-hydrogen) atoms. The maximum atomic E-state index is 8.75. The molecule has 0 saturated carbocycles. The van der Waals surface area contributed by atoms with Gasteiger partial charge in [0, 0.05) is 23.2 Å². The molecule has 0 aromatic carbocycles. The second kappa shape index (κ2) is 4.30. The van der Waals surface area contributed by atoms with Gasteiger partial charge in [-0.05, 0) is 26.0 Å². The Kier molecular flexibility index (Phi) is 3.10. The summed E-state index contributed by atoms with van der Waals surface area (Å²) in [6.07, 6.45) is 5.31. The molecule has 0 aromatic heterocycles. The Hall–Kier alpha value is -2.26. The van der Waals surface area contributed by atoms with Gasteiger partial charge in [-0.3, -0.25) is 0 Å². The maximum Gasteiger partial charge on any atom is 0.137 e. The normalized spacial score (nSPS) is 14.7. The minimum atomic E-state index is 0.136. The van der Waals surface area contributed by atoms with Crippen LogP contribution in [0.1, 0.15) is 13.8 Å². The summed E-state index contributed by atoms with van der Waals surface area (Å²) in [6.45, 7) is 7.51. The molecule has 0 amide bonds. The standard InChI is InChI=1S/C12H11N3/c1-4-15-9(2)5-11(6-10(15)3)12(7-13)8-14/h4-6H,1H2,2-3H3. The predicted molar refractivity (Wildman–Crippen MR) is 57.8 cm³/mol. The van der Waals surface area contributed by atoms with E-state index in [9.17, 15) is 0 Å². The molecule has 3 heteroatoms. The Balaban J connectivity index is 3.29. The summed E-state index contributed by atoms with van der Waals surface area (Å²) < 4.78 is 0. The largest absolute Gasteiger partial charge is 0.326 e. The molecular weight excluding hydrogens is 186 g/mol. The molecule has 0 unspecified atom stereocenters. The fraction of sp³-hybridized carbons (Fsp3) is 0.167. The van der Waals surface area contributed by atoms with Gasteiger partial charge in [0.25, 0.3) is 0 Å². The van der Waals surface area contributed by atoms with Crippen molar-refractivity contribution in [3.8, 4) is 12.1 Å². The van der Waals surface area contributed by atoms with Gasteiger partial charge in [-0.1, -0.05) is 6.58 Å². The first-order valence-corrected chi connectivity index (χ1v) is 4.47. The van der Waals surface area contributed by atoms with Crippen LogP contribution in [0.15, 0.2) is 47.5 Å². The molecule has 0 fully saturated rings. The van der Waals surface area contributed by atoms with Crippen molar-refractivity contribution in [1.82, 2.24) is 4.90 Å². The Morgan fingerprint density at radius 1 is 1.27 bits per heavy atom. The zero-order valence-corrected chi connectivity index (χ0v) is 8.78. The minimum absolute atomic E-state index is 0.136. The Bertz CT molecular complexity index is 426. The van der Waals surface area contributed by atoms with Crippen molar-refractivity contribution >= 4 is 0 Å². The van der Waals surface area contributed by atoms with Crippen LogP contribution in [-0.2, 0) is 0 Å². The van der Waals surface area contributed by atoms with Crippen molar-refractivity contribution in [3.63, 3.8) is 0 Å². The van der Waals surface area contributed by atoms with E-state index in [0.717, 1.165) is 11.4 Å². The van der Waals surface area contributed by atoms with Gasteiger partial charge < -0.3 is 4.90 Å². The maximum absolute atomic E-state index is 8.75. The first kappa shape index (κ1) is 10.8. The lowest BCUT2D eigenvalue weighted by atomic mass is 10.0. The Morgan fingerprint density at radius 2 is 1.73 bits per heavy atom. The topological polar surface area (TPSA) is 50.8 Å². The molecule has 1 aliphatic rings. The third-order valence-electron chi connectivity index (χ3n) is 2.18. The SMILES string of the molecule is C=CN1C(C)=CC(=C(C#N)C#N)C=C1C. The van der Waals surface area contributed by atoms with Gasteiger partial charge in [0.1, 0.15) is 17.7 Å². The molecule has 0 spiro atoms. The van der Waals surface area contributed by atoms with E-state index < -0.39 is 0 Å². The number of rotatable bonds is 1. The molecule has 0 atom stereocenters. The monoisotopic (exact) mass is 197 g/mol. The van der Waals surface area contributed by atoms with Gasteiger partial charge in [-0.15, -0.1) is 0 Å². The predicted octanol–water partition coefficient (Wildman–Crippen LogP) is 2.60. The van der Waals surface area contributed by atoms with Crippen LogP contribution in [0.4, 0.5) is 0 Å². The summed E-state index contributed by atoms with van der Waals surface area (Å²) in [7, 11) is 0. The molecule has 1 aliphatic heterocycles. The second-order valence-electron chi connectivity index (χ2n) is 3.18. The lowest BCUT2D eigenvalue weighted by molar-refractivity contribution is 0.571. The number of nitrogens with zero attached hydrogens (tertiary/aromatic N) is 3. The fourth-order valence-corrected chi connectivity index (χ4v) is 1.50. The van der Waals surface area contributed by atoms with Crippen molar-refractivity contribution in [2.24, 2.45) is 0 Å². The van der Waals surface area contributed by atoms with Crippen LogP contribution < -0.4 is 0 Å². The van der Waals surface area contributed by atoms with Crippen LogP contribution in [0.25, 0.3) is 0 Å². The lowest BCUT2D eigenvalue weighted by Gasteiger charge is -2.25. The summed E-state index contributed by atoms with van der Waals surface area (Å²) in [5.41, 5.74) is 2.69. The van der Waals surface area contributed by atoms with Crippen molar-refractivity contribution in [3.05, 3.63) is 47.5 Å². The molecule has 1 rings (SSSR count). The van der Waals surface area contributed by atoms with Crippen molar-refractivity contribution in [2.45, 2.75) is 13.8 Å². The quantitative estimate of drug-likeness (QED) is 0.607. The zero-order valence-electron chi connectivity index (χ0n) is 8.78. The van der Waals surface area contributed by atoms with Crippen LogP contribution in [0, 0.1) is 22.7 Å². The fourth-order valence-electron chi connectivity index (χ4n) is 1.50. The molecule has 0 aromatic rings. The van der Waals surface area contributed by atoms with E-state index >= 15 is 0 Å². The van der Waals surface area contributed by atoms with E-state index in [4.69, 9.17) is 10.5 Å². The highest BCUT2D eigenvalue weighted by Gasteiger charge is 2.12. The van der Waals surface area contributed by atoms with E-state index in [1.54, 1.807) is 18.4 Å². The van der Waals surface area contributed by atoms with E-state index in [1.165, 1.54) is 0 Å². The molecule has 1 heterocycles. The van der Waals surface area contributed by atoms with Gasteiger partial charge in [-0.2, -0.15) is 10.5 Å². The number of nitriles is 2. The van der Waals surface area contributed by atoms with Gasteiger partial charge in [-0.25, -0.2) is 0 Å². The zero-order chi connectivity index (χ0) is 11.4. The first-order valence-electron chi connectivity index (χ1n) is 4.47. The van der Waals surface area contributed by atoms with Crippen LogP contribution >= 0.6 is 0 Å².